The molecule has 3 aliphatic rings. The Morgan fingerprint density at radius 3 is 2.66 bits per heavy atom. The molecule has 0 spiro atoms. The molecule has 4 rings (SSSR count). The SMILES string of the molecule is CO/N=C1\CC(OC(C)=O)C2C3CCc4cc(OC(C)=O)ccc4C3CCC12C. The Kier molecular flexibility index (Phi) is 5.13. The summed E-state index contributed by atoms with van der Waals surface area (Å²) in [5.41, 5.74) is 3.52. The highest BCUT2D eigenvalue weighted by Gasteiger charge is 2.59. The van der Waals surface area contributed by atoms with E-state index in [0.29, 0.717) is 24.0 Å². The minimum Gasteiger partial charge on any atom is -0.462 e. The Morgan fingerprint density at radius 2 is 1.97 bits per heavy atom. The summed E-state index contributed by atoms with van der Waals surface area (Å²) in [4.78, 5) is 28.2. The molecule has 5 atom stereocenters. The number of hydrogen-bond acceptors (Lipinski definition) is 6. The lowest BCUT2D eigenvalue weighted by Crippen LogP contribution is -2.46. The molecule has 6 heteroatoms. The van der Waals surface area contributed by atoms with Crippen molar-refractivity contribution in [2.24, 2.45) is 22.4 Å². The average molecular weight is 399 g/mol. The molecule has 0 heterocycles. The van der Waals surface area contributed by atoms with E-state index in [1.54, 1.807) is 7.11 Å². The number of aryl methyl sites for hydroxylation is 1. The molecule has 156 valence electrons. The third-order valence-electron chi connectivity index (χ3n) is 7.18. The number of esters is 2. The minimum absolute atomic E-state index is 0.105. The fraction of sp³-hybridized carbons (Fsp3) is 0.609. The van der Waals surface area contributed by atoms with Crippen molar-refractivity contribution in [2.45, 2.75) is 64.9 Å². The number of rotatable bonds is 3. The van der Waals surface area contributed by atoms with E-state index in [-0.39, 0.29) is 29.4 Å². The molecule has 3 aliphatic carbocycles. The second-order valence-electron chi connectivity index (χ2n) is 8.82. The highest BCUT2D eigenvalue weighted by atomic mass is 16.6. The van der Waals surface area contributed by atoms with Gasteiger partial charge in [0.2, 0.25) is 0 Å². The van der Waals surface area contributed by atoms with Gasteiger partial charge in [-0.3, -0.25) is 9.59 Å². The van der Waals surface area contributed by atoms with Crippen LogP contribution in [0.4, 0.5) is 0 Å². The maximum atomic E-state index is 11.8. The normalized spacial score (nSPS) is 34.0. The molecule has 0 aliphatic heterocycles. The predicted molar refractivity (Wildman–Crippen MR) is 108 cm³/mol. The summed E-state index contributed by atoms with van der Waals surface area (Å²) in [6.45, 7) is 5.16. The largest absolute Gasteiger partial charge is 0.462 e. The highest BCUT2D eigenvalue weighted by molar-refractivity contribution is 5.93. The van der Waals surface area contributed by atoms with Crippen molar-refractivity contribution in [3.8, 4) is 5.75 Å². The third-order valence-corrected chi connectivity index (χ3v) is 7.18. The molecule has 2 saturated carbocycles. The third kappa shape index (κ3) is 3.43. The summed E-state index contributed by atoms with van der Waals surface area (Å²) in [6, 6.07) is 6.02. The maximum Gasteiger partial charge on any atom is 0.308 e. The molecule has 0 N–H and O–H groups in total. The van der Waals surface area contributed by atoms with E-state index in [0.717, 1.165) is 31.4 Å². The van der Waals surface area contributed by atoms with Crippen molar-refractivity contribution in [1.82, 2.24) is 0 Å². The Bertz CT molecular complexity index is 863. The van der Waals surface area contributed by atoms with Gasteiger partial charge < -0.3 is 14.3 Å². The Hall–Kier alpha value is -2.37. The summed E-state index contributed by atoms with van der Waals surface area (Å²) < 4.78 is 11.1. The van der Waals surface area contributed by atoms with Gasteiger partial charge in [0.05, 0.1) is 5.71 Å². The lowest BCUT2D eigenvalue weighted by molar-refractivity contribution is -0.151. The second kappa shape index (κ2) is 7.47. The lowest BCUT2D eigenvalue weighted by atomic mass is 9.55. The van der Waals surface area contributed by atoms with E-state index in [4.69, 9.17) is 14.3 Å². The Morgan fingerprint density at radius 1 is 1.17 bits per heavy atom. The number of nitrogens with zero attached hydrogens (tertiary/aromatic N) is 1. The molecule has 0 bridgehead atoms. The van der Waals surface area contributed by atoms with Crippen LogP contribution < -0.4 is 4.74 Å². The average Bonchev–Trinajstić information content (AvgIpc) is 2.92. The van der Waals surface area contributed by atoms with Crippen molar-refractivity contribution in [1.29, 1.82) is 0 Å². The van der Waals surface area contributed by atoms with Crippen LogP contribution in [0.15, 0.2) is 23.4 Å². The van der Waals surface area contributed by atoms with Gasteiger partial charge in [-0.2, -0.15) is 0 Å². The molecule has 1 aromatic rings. The van der Waals surface area contributed by atoms with Crippen LogP contribution in [0.1, 0.15) is 63.5 Å². The van der Waals surface area contributed by atoms with Gasteiger partial charge in [0.1, 0.15) is 19.0 Å². The van der Waals surface area contributed by atoms with E-state index in [1.807, 2.05) is 12.1 Å². The van der Waals surface area contributed by atoms with Crippen molar-refractivity contribution in [3.63, 3.8) is 0 Å². The van der Waals surface area contributed by atoms with Crippen LogP contribution in [-0.4, -0.2) is 30.9 Å². The van der Waals surface area contributed by atoms with Gasteiger partial charge in [-0.15, -0.1) is 0 Å². The van der Waals surface area contributed by atoms with Crippen LogP contribution in [-0.2, 0) is 25.6 Å². The van der Waals surface area contributed by atoms with Crippen molar-refractivity contribution in [3.05, 3.63) is 29.3 Å². The van der Waals surface area contributed by atoms with E-state index >= 15 is 0 Å². The van der Waals surface area contributed by atoms with E-state index in [2.05, 4.69) is 18.1 Å². The van der Waals surface area contributed by atoms with Gasteiger partial charge in [0.15, 0.2) is 0 Å². The zero-order valence-electron chi connectivity index (χ0n) is 17.6. The number of ether oxygens (including phenoxy) is 2. The summed E-state index contributed by atoms with van der Waals surface area (Å²) in [6.07, 6.45) is 4.51. The zero-order valence-corrected chi connectivity index (χ0v) is 17.6. The number of hydrogen-bond donors (Lipinski definition) is 0. The van der Waals surface area contributed by atoms with E-state index < -0.39 is 0 Å². The first-order valence-electron chi connectivity index (χ1n) is 10.4. The number of carbonyl (C=O) groups excluding carboxylic acids is 2. The first-order chi connectivity index (χ1) is 13.8. The summed E-state index contributed by atoms with van der Waals surface area (Å²) in [5.74, 6) is 1.16. The van der Waals surface area contributed by atoms with Crippen LogP contribution in [0.2, 0.25) is 0 Å². The van der Waals surface area contributed by atoms with Gasteiger partial charge in [-0.1, -0.05) is 18.1 Å². The molecule has 0 aromatic heterocycles. The fourth-order valence-corrected chi connectivity index (χ4v) is 6.19. The lowest BCUT2D eigenvalue weighted by Gasteiger charge is -2.49. The standard InChI is InChI=1S/C23H29NO5/c1-13(25)28-16-6-8-17-15(11-16)5-7-19-18(17)9-10-23(3)21(24-27-4)12-20(22(19)23)29-14(2)26/h6,8,11,18-20,22H,5,7,9-10,12H2,1-4H3/b24-21+. The summed E-state index contributed by atoms with van der Waals surface area (Å²) >= 11 is 0. The molecule has 6 nitrogen and oxygen atoms in total. The van der Waals surface area contributed by atoms with Gasteiger partial charge in [0.25, 0.3) is 0 Å². The van der Waals surface area contributed by atoms with Crippen LogP contribution in [0.3, 0.4) is 0 Å². The van der Waals surface area contributed by atoms with Crippen molar-refractivity contribution in [2.75, 3.05) is 7.11 Å². The molecule has 1 aromatic carbocycles. The Balaban J connectivity index is 1.68. The number of benzene rings is 1. The first-order valence-corrected chi connectivity index (χ1v) is 10.4. The predicted octanol–water partition coefficient (Wildman–Crippen LogP) is 4.01. The number of carbonyl (C=O) groups is 2. The fourth-order valence-electron chi connectivity index (χ4n) is 6.19. The smallest absolute Gasteiger partial charge is 0.308 e. The van der Waals surface area contributed by atoms with Gasteiger partial charge in [-0.25, -0.2) is 0 Å². The van der Waals surface area contributed by atoms with E-state index in [1.165, 1.54) is 25.0 Å². The van der Waals surface area contributed by atoms with Gasteiger partial charge in [0, 0.05) is 31.6 Å². The van der Waals surface area contributed by atoms with Crippen molar-refractivity contribution < 1.29 is 23.9 Å². The highest BCUT2D eigenvalue weighted by Crippen LogP contribution is 2.60. The molecule has 5 unspecified atom stereocenters. The molecule has 29 heavy (non-hydrogen) atoms. The minimum atomic E-state index is -0.299. The van der Waals surface area contributed by atoms with Crippen LogP contribution in [0, 0.1) is 17.3 Å². The quantitative estimate of drug-likeness (QED) is 0.436. The first kappa shape index (κ1) is 19.9. The monoisotopic (exact) mass is 399 g/mol. The summed E-state index contributed by atoms with van der Waals surface area (Å²) in [5, 5.41) is 4.34. The maximum absolute atomic E-state index is 11.8. The van der Waals surface area contributed by atoms with Crippen LogP contribution in [0.5, 0.6) is 5.75 Å². The molecular weight excluding hydrogens is 370 g/mol. The number of fused-ring (bicyclic) bond motifs is 5. The zero-order chi connectivity index (χ0) is 20.8. The molecule has 0 saturated heterocycles. The molecule has 2 fully saturated rings. The van der Waals surface area contributed by atoms with Gasteiger partial charge >= 0.3 is 11.9 Å². The number of oxime groups is 1. The summed E-state index contributed by atoms with van der Waals surface area (Å²) in [7, 11) is 1.58. The topological polar surface area (TPSA) is 74.2 Å². The Labute approximate surface area is 171 Å². The van der Waals surface area contributed by atoms with E-state index in [9.17, 15) is 9.59 Å². The van der Waals surface area contributed by atoms with Crippen LogP contribution in [0.25, 0.3) is 0 Å². The molecule has 0 amide bonds. The molecule has 0 radical (unpaired) electrons. The van der Waals surface area contributed by atoms with Gasteiger partial charge in [-0.05, 0) is 60.8 Å². The molecular formula is C23H29NO5. The van der Waals surface area contributed by atoms with Crippen molar-refractivity contribution >= 4 is 17.7 Å². The van der Waals surface area contributed by atoms with Crippen LogP contribution >= 0.6 is 0 Å². The second-order valence-corrected chi connectivity index (χ2v) is 8.82.